The molecule has 0 heterocycles. The summed E-state index contributed by atoms with van der Waals surface area (Å²) in [6.07, 6.45) is 0. The lowest BCUT2D eigenvalue weighted by molar-refractivity contribution is 0.101. The molecule has 0 spiro atoms. The van der Waals surface area contributed by atoms with Gasteiger partial charge in [-0.25, -0.2) is 0 Å². The maximum absolute atomic E-state index is 10.8. The fourth-order valence-corrected chi connectivity index (χ4v) is 0.873. The summed E-state index contributed by atoms with van der Waals surface area (Å²) in [6.45, 7) is 1.23. The molecular formula is C8H8O4. The normalized spacial score (nSPS) is 9.75. The first-order chi connectivity index (χ1) is 5.52. The number of aromatic hydroxyl groups is 3. The Balaban J connectivity index is 3.37. The van der Waals surface area contributed by atoms with Crippen molar-refractivity contribution in [1.82, 2.24) is 0 Å². The molecule has 0 saturated heterocycles. The van der Waals surface area contributed by atoms with Crippen LogP contribution in [0.4, 0.5) is 0 Å². The van der Waals surface area contributed by atoms with Crippen molar-refractivity contribution in [3.8, 4) is 17.2 Å². The van der Waals surface area contributed by atoms with Crippen molar-refractivity contribution in [2.24, 2.45) is 0 Å². The number of phenols is 3. The molecule has 1 rings (SSSR count). The van der Waals surface area contributed by atoms with Crippen LogP contribution >= 0.6 is 0 Å². The lowest BCUT2D eigenvalue weighted by Gasteiger charge is -2.03. The maximum Gasteiger partial charge on any atom is 0.168 e. The zero-order valence-electron chi connectivity index (χ0n) is 6.40. The largest absolute Gasteiger partial charge is 0.508 e. The number of hydrogen-bond donors (Lipinski definition) is 3. The lowest BCUT2D eigenvalue weighted by atomic mass is 10.1. The van der Waals surface area contributed by atoms with Gasteiger partial charge in [0.2, 0.25) is 0 Å². The number of rotatable bonds is 1. The van der Waals surface area contributed by atoms with Crippen molar-refractivity contribution >= 4 is 5.78 Å². The van der Waals surface area contributed by atoms with E-state index in [1.54, 1.807) is 0 Å². The van der Waals surface area contributed by atoms with Crippen LogP contribution in [0, 0.1) is 0 Å². The van der Waals surface area contributed by atoms with Gasteiger partial charge in [-0.05, 0) is 13.0 Å². The summed E-state index contributed by atoms with van der Waals surface area (Å²) in [7, 11) is 0. The second-order valence-corrected chi connectivity index (χ2v) is 2.42. The topological polar surface area (TPSA) is 77.8 Å². The quantitative estimate of drug-likeness (QED) is 0.332. The average molecular weight is 168 g/mol. The molecule has 4 nitrogen and oxygen atoms in total. The number of ketones is 1. The zero-order chi connectivity index (χ0) is 9.30. The Morgan fingerprint density at radius 3 is 2.33 bits per heavy atom. The molecule has 0 bridgehead atoms. The molecule has 1 aromatic rings. The first-order valence-corrected chi connectivity index (χ1v) is 3.28. The van der Waals surface area contributed by atoms with Crippen LogP contribution in [-0.4, -0.2) is 21.1 Å². The Labute approximate surface area is 68.7 Å². The Kier molecular flexibility index (Phi) is 1.91. The number of benzene rings is 1. The van der Waals surface area contributed by atoms with Crippen LogP contribution in [-0.2, 0) is 0 Å². The number of carbonyl (C=O) groups excluding carboxylic acids is 1. The van der Waals surface area contributed by atoms with E-state index in [-0.39, 0.29) is 11.3 Å². The summed E-state index contributed by atoms with van der Waals surface area (Å²) in [4.78, 5) is 10.8. The Morgan fingerprint density at radius 1 is 1.25 bits per heavy atom. The van der Waals surface area contributed by atoms with Crippen molar-refractivity contribution in [3.63, 3.8) is 0 Å². The molecule has 3 N–H and O–H groups in total. The summed E-state index contributed by atoms with van der Waals surface area (Å²) in [5.74, 6) is -1.67. The molecule has 0 radical (unpaired) electrons. The van der Waals surface area contributed by atoms with E-state index in [9.17, 15) is 4.79 Å². The van der Waals surface area contributed by atoms with E-state index in [2.05, 4.69) is 0 Å². The molecule has 0 aliphatic carbocycles. The molecule has 0 atom stereocenters. The van der Waals surface area contributed by atoms with Crippen LogP contribution in [0.5, 0.6) is 17.2 Å². The van der Waals surface area contributed by atoms with E-state index >= 15 is 0 Å². The van der Waals surface area contributed by atoms with E-state index in [0.717, 1.165) is 12.1 Å². The summed E-state index contributed by atoms with van der Waals surface area (Å²) in [5.41, 5.74) is -0.0903. The molecule has 4 heteroatoms. The fourth-order valence-electron chi connectivity index (χ4n) is 0.873. The van der Waals surface area contributed by atoms with Crippen molar-refractivity contribution < 1.29 is 20.1 Å². The molecule has 0 aromatic heterocycles. The number of hydrogen-bond acceptors (Lipinski definition) is 4. The monoisotopic (exact) mass is 168 g/mol. The van der Waals surface area contributed by atoms with E-state index in [4.69, 9.17) is 15.3 Å². The number of phenolic OH excluding ortho intramolecular Hbond substituents is 3. The Morgan fingerprint density at radius 2 is 1.83 bits per heavy atom. The Bertz CT molecular complexity index is 330. The summed E-state index contributed by atoms with van der Waals surface area (Å²) >= 11 is 0. The zero-order valence-corrected chi connectivity index (χ0v) is 6.40. The molecule has 12 heavy (non-hydrogen) atoms. The van der Waals surface area contributed by atoms with E-state index in [0.29, 0.717) is 0 Å². The molecule has 64 valence electrons. The molecule has 0 unspecified atom stereocenters. The third kappa shape index (κ3) is 1.32. The highest BCUT2D eigenvalue weighted by Crippen LogP contribution is 2.33. The van der Waals surface area contributed by atoms with Gasteiger partial charge in [0.25, 0.3) is 0 Å². The van der Waals surface area contributed by atoms with Crippen molar-refractivity contribution in [3.05, 3.63) is 17.7 Å². The van der Waals surface area contributed by atoms with Crippen molar-refractivity contribution in [1.29, 1.82) is 0 Å². The van der Waals surface area contributed by atoms with Gasteiger partial charge in [-0.1, -0.05) is 0 Å². The predicted octanol–water partition coefficient (Wildman–Crippen LogP) is 1.01. The number of Topliss-reactive ketones (excluding diaryl/α,β-unsaturated/α-hetero) is 1. The van der Waals surface area contributed by atoms with Gasteiger partial charge in [0.1, 0.15) is 5.75 Å². The SMILES string of the molecule is CC(=O)c1cc(O)cc(O)c1O. The van der Waals surface area contributed by atoms with E-state index < -0.39 is 17.3 Å². The van der Waals surface area contributed by atoms with Gasteiger partial charge in [0, 0.05) is 6.07 Å². The van der Waals surface area contributed by atoms with E-state index in [1.165, 1.54) is 6.92 Å². The first kappa shape index (κ1) is 8.39. The van der Waals surface area contributed by atoms with Crippen molar-refractivity contribution in [2.45, 2.75) is 6.92 Å². The third-order valence-corrected chi connectivity index (χ3v) is 1.45. The maximum atomic E-state index is 10.8. The molecule has 0 amide bonds. The average Bonchev–Trinajstić information content (AvgIpc) is 1.96. The minimum absolute atomic E-state index is 0.0903. The van der Waals surface area contributed by atoms with Gasteiger partial charge in [-0.2, -0.15) is 0 Å². The van der Waals surface area contributed by atoms with Crippen LogP contribution in [0.3, 0.4) is 0 Å². The number of carbonyl (C=O) groups is 1. The molecule has 0 aliphatic rings. The molecule has 0 saturated carbocycles. The van der Waals surface area contributed by atoms with Gasteiger partial charge >= 0.3 is 0 Å². The van der Waals surface area contributed by atoms with Crippen LogP contribution in [0.1, 0.15) is 17.3 Å². The smallest absolute Gasteiger partial charge is 0.168 e. The standard InChI is InChI=1S/C8H8O4/c1-4(9)6-2-5(10)3-7(11)8(6)12/h2-3,10-12H,1H3. The molecule has 0 fully saturated rings. The summed E-state index contributed by atoms with van der Waals surface area (Å²) in [5, 5.41) is 27.0. The predicted molar refractivity (Wildman–Crippen MR) is 41.4 cm³/mol. The first-order valence-electron chi connectivity index (χ1n) is 3.28. The van der Waals surface area contributed by atoms with Crippen LogP contribution in [0.15, 0.2) is 12.1 Å². The molecule has 0 aliphatic heterocycles. The van der Waals surface area contributed by atoms with Gasteiger partial charge in [-0.15, -0.1) is 0 Å². The second-order valence-electron chi connectivity index (χ2n) is 2.42. The highest BCUT2D eigenvalue weighted by Gasteiger charge is 2.11. The van der Waals surface area contributed by atoms with Crippen molar-refractivity contribution in [2.75, 3.05) is 0 Å². The Hall–Kier alpha value is -1.71. The summed E-state index contributed by atoms with van der Waals surface area (Å²) < 4.78 is 0. The van der Waals surface area contributed by atoms with Crippen LogP contribution in [0.2, 0.25) is 0 Å². The van der Waals surface area contributed by atoms with E-state index in [1.807, 2.05) is 0 Å². The highest BCUT2D eigenvalue weighted by molar-refractivity contribution is 5.97. The summed E-state index contributed by atoms with van der Waals surface area (Å²) in [6, 6.07) is 2.05. The third-order valence-electron chi connectivity index (χ3n) is 1.45. The second kappa shape index (κ2) is 2.73. The fraction of sp³-hybridized carbons (Fsp3) is 0.125. The van der Waals surface area contributed by atoms with Crippen LogP contribution < -0.4 is 0 Å². The van der Waals surface area contributed by atoms with Gasteiger partial charge < -0.3 is 15.3 Å². The highest BCUT2D eigenvalue weighted by atomic mass is 16.3. The lowest BCUT2D eigenvalue weighted by Crippen LogP contribution is -1.92. The van der Waals surface area contributed by atoms with Gasteiger partial charge in [-0.3, -0.25) is 4.79 Å². The minimum atomic E-state index is -0.500. The minimum Gasteiger partial charge on any atom is -0.508 e. The van der Waals surface area contributed by atoms with Gasteiger partial charge in [0.05, 0.1) is 5.56 Å². The molecular weight excluding hydrogens is 160 g/mol. The van der Waals surface area contributed by atoms with Gasteiger partial charge in [0.15, 0.2) is 17.3 Å². The van der Waals surface area contributed by atoms with Crippen LogP contribution in [0.25, 0.3) is 0 Å². The molecule has 1 aromatic carbocycles.